The highest BCUT2D eigenvalue weighted by atomic mass is 16.5. The molecule has 8 nitrogen and oxygen atoms in total. The number of pyridine rings is 1. The molecule has 0 spiro atoms. The van der Waals surface area contributed by atoms with Crippen LogP contribution in [-0.2, 0) is 13.0 Å². The van der Waals surface area contributed by atoms with Gasteiger partial charge in [-0.05, 0) is 31.2 Å². The van der Waals surface area contributed by atoms with Crippen LogP contribution in [0.15, 0.2) is 65.7 Å². The van der Waals surface area contributed by atoms with Crippen LogP contribution in [-0.4, -0.2) is 32.1 Å². The van der Waals surface area contributed by atoms with Gasteiger partial charge in [-0.3, -0.25) is 19.7 Å². The van der Waals surface area contributed by atoms with E-state index < -0.39 is 0 Å². The molecular weight excluding hydrogens is 370 g/mol. The Morgan fingerprint density at radius 2 is 2.10 bits per heavy atom. The van der Waals surface area contributed by atoms with E-state index in [0.29, 0.717) is 17.9 Å². The SMILES string of the molecule is CC(Cc1cnccn1)NC(=O)c1cc(COc2ccc3ncccc3c2)on1. The molecule has 1 unspecified atom stereocenters. The van der Waals surface area contributed by atoms with Crippen molar-refractivity contribution in [2.45, 2.75) is 26.0 Å². The second-order valence-electron chi connectivity index (χ2n) is 6.60. The summed E-state index contributed by atoms with van der Waals surface area (Å²) < 4.78 is 11.0. The molecule has 29 heavy (non-hydrogen) atoms. The summed E-state index contributed by atoms with van der Waals surface area (Å²) in [5, 5.41) is 7.69. The Labute approximate surface area is 167 Å². The molecule has 1 amide bonds. The smallest absolute Gasteiger partial charge is 0.273 e. The Morgan fingerprint density at radius 1 is 1.17 bits per heavy atom. The highest BCUT2D eigenvalue weighted by molar-refractivity contribution is 5.92. The van der Waals surface area contributed by atoms with Crippen LogP contribution in [0.1, 0.15) is 28.9 Å². The van der Waals surface area contributed by atoms with Crippen molar-refractivity contribution in [2.24, 2.45) is 0 Å². The number of aromatic nitrogens is 4. The first-order chi connectivity index (χ1) is 14.2. The first kappa shape index (κ1) is 18.5. The third kappa shape index (κ3) is 4.73. The molecular formula is C21H19N5O3. The molecule has 4 aromatic rings. The number of nitrogens with one attached hydrogen (secondary N) is 1. The Kier molecular flexibility index (Phi) is 5.42. The summed E-state index contributed by atoms with van der Waals surface area (Å²) in [5.41, 5.74) is 1.91. The van der Waals surface area contributed by atoms with Crippen LogP contribution in [0.25, 0.3) is 10.9 Å². The number of amides is 1. The zero-order valence-corrected chi connectivity index (χ0v) is 15.8. The number of carbonyl (C=O) groups is 1. The van der Waals surface area contributed by atoms with Gasteiger partial charge in [0.15, 0.2) is 11.5 Å². The zero-order chi connectivity index (χ0) is 20.1. The second kappa shape index (κ2) is 8.47. The number of benzene rings is 1. The summed E-state index contributed by atoms with van der Waals surface area (Å²) in [7, 11) is 0. The van der Waals surface area contributed by atoms with Gasteiger partial charge in [-0.25, -0.2) is 0 Å². The Morgan fingerprint density at radius 3 is 2.97 bits per heavy atom. The molecule has 8 heteroatoms. The van der Waals surface area contributed by atoms with E-state index in [1.165, 1.54) is 0 Å². The van der Waals surface area contributed by atoms with Crippen LogP contribution in [0.2, 0.25) is 0 Å². The average Bonchev–Trinajstić information content (AvgIpc) is 3.22. The molecule has 0 aliphatic carbocycles. The van der Waals surface area contributed by atoms with Gasteiger partial charge in [-0.15, -0.1) is 0 Å². The third-order valence-corrected chi connectivity index (χ3v) is 4.26. The minimum atomic E-state index is -0.312. The zero-order valence-electron chi connectivity index (χ0n) is 15.8. The Balaban J connectivity index is 1.33. The quantitative estimate of drug-likeness (QED) is 0.518. The summed E-state index contributed by atoms with van der Waals surface area (Å²) >= 11 is 0. The standard InChI is InChI=1S/C21H19N5O3/c1-14(9-16-12-22-7-8-23-16)25-21(27)20-11-18(29-26-20)13-28-17-4-5-19-15(10-17)3-2-6-24-19/h2-8,10-12,14H,9,13H2,1H3,(H,25,27). The van der Waals surface area contributed by atoms with Crippen molar-refractivity contribution in [1.82, 2.24) is 25.4 Å². The van der Waals surface area contributed by atoms with Gasteiger partial charge >= 0.3 is 0 Å². The van der Waals surface area contributed by atoms with Crippen molar-refractivity contribution in [3.63, 3.8) is 0 Å². The van der Waals surface area contributed by atoms with E-state index >= 15 is 0 Å². The molecule has 0 saturated heterocycles. The van der Waals surface area contributed by atoms with E-state index in [4.69, 9.17) is 9.26 Å². The minimum absolute atomic E-state index is 0.123. The highest BCUT2D eigenvalue weighted by Gasteiger charge is 2.16. The van der Waals surface area contributed by atoms with E-state index in [9.17, 15) is 4.79 Å². The van der Waals surface area contributed by atoms with Crippen LogP contribution >= 0.6 is 0 Å². The maximum Gasteiger partial charge on any atom is 0.273 e. The summed E-state index contributed by atoms with van der Waals surface area (Å²) in [6.45, 7) is 2.06. The van der Waals surface area contributed by atoms with Crippen LogP contribution in [0.5, 0.6) is 5.75 Å². The van der Waals surface area contributed by atoms with E-state index in [2.05, 4.69) is 25.4 Å². The molecule has 146 valence electrons. The molecule has 0 fully saturated rings. The first-order valence-corrected chi connectivity index (χ1v) is 9.16. The van der Waals surface area contributed by atoms with Gasteiger partial charge in [0, 0.05) is 48.7 Å². The predicted octanol–water partition coefficient (Wildman–Crippen LogP) is 2.95. The molecule has 0 saturated carbocycles. The minimum Gasteiger partial charge on any atom is -0.486 e. The molecule has 0 aliphatic rings. The molecule has 0 bridgehead atoms. The van der Waals surface area contributed by atoms with Gasteiger partial charge in [0.05, 0.1) is 11.2 Å². The lowest BCUT2D eigenvalue weighted by Crippen LogP contribution is -2.34. The number of hydrogen-bond acceptors (Lipinski definition) is 7. The number of hydrogen-bond donors (Lipinski definition) is 1. The molecule has 1 N–H and O–H groups in total. The molecule has 1 atom stereocenters. The average molecular weight is 389 g/mol. The van der Waals surface area contributed by atoms with Gasteiger partial charge < -0.3 is 14.6 Å². The number of ether oxygens (including phenoxy) is 1. The van der Waals surface area contributed by atoms with Crippen LogP contribution in [0, 0.1) is 0 Å². The van der Waals surface area contributed by atoms with E-state index in [-0.39, 0.29) is 24.2 Å². The van der Waals surface area contributed by atoms with Gasteiger partial charge in [0.1, 0.15) is 12.4 Å². The summed E-state index contributed by atoms with van der Waals surface area (Å²) in [5.74, 6) is 0.835. The second-order valence-corrected chi connectivity index (χ2v) is 6.60. The van der Waals surface area contributed by atoms with Gasteiger partial charge in [-0.1, -0.05) is 11.2 Å². The van der Waals surface area contributed by atoms with Crippen molar-refractivity contribution >= 4 is 16.8 Å². The van der Waals surface area contributed by atoms with Crippen molar-refractivity contribution in [2.75, 3.05) is 0 Å². The maximum atomic E-state index is 12.4. The molecule has 3 heterocycles. The van der Waals surface area contributed by atoms with Crippen molar-refractivity contribution in [1.29, 1.82) is 0 Å². The fourth-order valence-electron chi connectivity index (χ4n) is 2.88. The lowest BCUT2D eigenvalue weighted by Gasteiger charge is -2.11. The van der Waals surface area contributed by atoms with E-state index in [0.717, 1.165) is 16.6 Å². The lowest BCUT2D eigenvalue weighted by molar-refractivity contribution is 0.0930. The predicted molar refractivity (Wildman–Crippen MR) is 105 cm³/mol. The first-order valence-electron chi connectivity index (χ1n) is 9.16. The van der Waals surface area contributed by atoms with Crippen LogP contribution in [0.3, 0.4) is 0 Å². The number of rotatable bonds is 7. The van der Waals surface area contributed by atoms with Crippen molar-refractivity contribution < 1.29 is 14.1 Å². The van der Waals surface area contributed by atoms with Crippen molar-refractivity contribution in [3.05, 3.63) is 78.3 Å². The third-order valence-electron chi connectivity index (χ3n) is 4.26. The van der Waals surface area contributed by atoms with Gasteiger partial charge in [0.2, 0.25) is 0 Å². The fraction of sp³-hybridized carbons (Fsp3) is 0.190. The fourth-order valence-corrected chi connectivity index (χ4v) is 2.88. The largest absolute Gasteiger partial charge is 0.486 e. The Bertz CT molecular complexity index is 1110. The van der Waals surface area contributed by atoms with Crippen molar-refractivity contribution in [3.8, 4) is 5.75 Å². The lowest BCUT2D eigenvalue weighted by atomic mass is 10.2. The maximum absolute atomic E-state index is 12.4. The normalized spacial score (nSPS) is 11.9. The van der Waals surface area contributed by atoms with Crippen LogP contribution < -0.4 is 10.1 Å². The molecule has 3 aromatic heterocycles. The van der Waals surface area contributed by atoms with Crippen LogP contribution in [0.4, 0.5) is 0 Å². The number of fused-ring (bicyclic) bond motifs is 1. The summed E-state index contributed by atoms with van der Waals surface area (Å²) in [6.07, 6.45) is 7.24. The topological polar surface area (TPSA) is 103 Å². The summed E-state index contributed by atoms with van der Waals surface area (Å²) in [4.78, 5) is 24.9. The Hall–Kier alpha value is -3.81. The number of nitrogens with zero attached hydrogens (tertiary/aromatic N) is 4. The monoisotopic (exact) mass is 389 g/mol. The molecule has 0 aliphatic heterocycles. The van der Waals surface area contributed by atoms with E-state index in [1.54, 1.807) is 30.9 Å². The molecule has 1 aromatic carbocycles. The molecule has 0 radical (unpaired) electrons. The number of carbonyl (C=O) groups excluding carboxylic acids is 1. The summed E-state index contributed by atoms with van der Waals surface area (Å²) in [6, 6.07) is 10.9. The van der Waals surface area contributed by atoms with Gasteiger partial charge in [-0.2, -0.15) is 0 Å². The van der Waals surface area contributed by atoms with Gasteiger partial charge in [0.25, 0.3) is 5.91 Å². The van der Waals surface area contributed by atoms with E-state index in [1.807, 2.05) is 37.3 Å². The molecule has 4 rings (SSSR count). The highest BCUT2D eigenvalue weighted by Crippen LogP contribution is 2.20.